The lowest BCUT2D eigenvalue weighted by atomic mass is 9.88. The number of esters is 1. The van der Waals surface area contributed by atoms with E-state index in [4.69, 9.17) is 21.6 Å². The third-order valence-corrected chi connectivity index (χ3v) is 6.02. The molecule has 0 aliphatic rings. The maximum absolute atomic E-state index is 13.5. The number of fused-ring (bicyclic) bond motifs is 1. The van der Waals surface area contributed by atoms with E-state index in [1.165, 1.54) is 0 Å². The number of ether oxygens (including phenoxy) is 1. The van der Waals surface area contributed by atoms with Crippen LogP contribution in [-0.2, 0) is 16.6 Å². The molecule has 0 bridgehead atoms. The van der Waals surface area contributed by atoms with Crippen molar-refractivity contribution in [1.82, 2.24) is 9.55 Å². The summed E-state index contributed by atoms with van der Waals surface area (Å²) in [6.45, 7) is 1.99. The first-order valence-corrected chi connectivity index (χ1v) is 11.7. The van der Waals surface area contributed by atoms with E-state index >= 15 is 0 Å². The Bertz CT molecular complexity index is 1490. The van der Waals surface area contributed by atoms with Crippen LogP contribution in [0.25, 0.3) is 11.0 Å². The monoisotopic (exact) mass is 498 g/mol. The second-order valence-electron chi connectivity index (χ2n) is 8.10. The summed E-state index contributed by atoms with van der Waals surface area (Å²) in [5.41, 5.74) is 3.65. The quantitative estimate of drug-likeness (QED) is 0.177. The topological polar surface area (TPSA) is 97.3 Å². The van der Waals surface area contributed by atoms with Crippen molar-refractivity contribution in [2.45, 2.75) is 19.3 Å². The molecule has 180 valence electrons. The SMILES string of the molecule is CCOC(=O)CC(C(=O)c1ccc2c(c1)nc(C(Cl)=Nc1ccc(C#N)cc1)n2C)c1ccccc1. The summed E-state index contributed by atoms with van der Waals surface area (Å²) in [6, 6.07) is 23.2. The van der Waals surface area contributed by atoms with Gasteiger partial charge in [-0.15, -0.1) is 0 Å². The Hall–Kier alpha value is -4.28. The van der Waals surface area contributed by atoms with Crippen molar-refractivity contribution in [3.05, 3.63) is 95.3 Å². The molecule has 0 spiro atoms. The van der Waals surface area contributed by atoms with Crippen LogP contribution in [0.5, 0.6) is 0 Å². The first-order valence-electron chi connectivity index (χ1n) is 11.4. The molecule has 4 rings (SSSR count). The fourth-order valence-corrected chi connectivity index (χ4v) is 4.21. The van der Waals surface area contributed by atoms with Gasteiger partial charge in [0, 0.05) is 12.6 Å². The van der Waals surface area contributed by atoms with Crippen LogP contribution in [0.3, 0.4) is 0 Å². The second-order valence-corrected chi connectivity index (χ2v) is 8.45. The molecule has 0 saturated heterocycles. The van der Waals surface area contributed by atoms with E-state index in [0.717, 1.165) is 11.1 Å². The van der Waals surface area contributed by atoms with Crippen molar-refractivity contribution in [2.24, 2.45) is 12.0 Å². The van der Waals surface area contributed by atoms with Gasteiger partial charge < -0.3 is 9.30 Å². The van der Waals surface area contributed by atoms with Crippen LogP contribution >= 0.6 is 11.6 Å². The Kier molecular flexibility index (Phi) is 7.57. The number of nitriles is 1. The molecule has 3 aromatic carbocycles. The van der Waals surface area contributed by atoms with Gasteiger partial charge in [-0.05, 0) is 55.0 Å². The highest BCUT2D eigenvalue weighted by Gasteiger charge is 2.26. The first kappa shape index (κ1) is 24.8. The highest BCUT2D eigenvalue weighted by Crippen LogP contribution is 2.27. The van der Waals surface area contributed by atoms with Gasteiger partial charge in [-0.2, -0.15) is 5.26 Å². The summed E-state index contributed by atoms with van der Waals surface area (Å²) in [5.74, 6) is -0.855. The molecule has 8 heteroatoms. The molecular weight excluding hydrogens is 476 g/mol. The molecule has 1 aromatic heterocycles. The van der Waals surface area contributed by atoms with E-state index < -0.39 is 11.9 Å². The molecule has 36 heavy (non-hydrogen) atoms. The molecule has 1 unspecified atom stereocenters. The highest BCUT2D eigenvalue weighted by atomic mass is 35.5. The number of carbonyl (C=O) groups excluding carboxylic acids is 2. The Morgan fingerprint density at radius 3 is 2.50 bits per heavy atom. The van der Waals surface area contributed by atoms with Crippen LogP contribution in [0, 0.1) is 11.3 Å². The molecule has 0 radical (unpaired) electrons. The maximum atomic E-state index is 13.5. The van der Waals surface area contributed by atoms with E-state index in [9.17, 15) is 9.59 Å². The van der Waals surface area contributed by atoms with Crippen molar-refractivity contribution in [2.75, 3.05) is 6.61 Å². The first-order chi connectivity index (χ1) is 17.4. The number of halogens is 1. The van der Waals surface area contributed by atoms with Gasteiger partial charge in [0.1, 0.15) is 0 Å². The average Bonchev–Trinajstić information content (AvgIpc) is 3.23. The van der Waals surface area contributed by atoms with Crippen molar-refractivity contribution in [3.8, 4) is 6.07 Å². The van der Waals surface area contributed by atoms with E-state index in [1.54, 1.807) is 54.0 Å². The number of rotatable bonds is 8. The largest absolute Gasteiger partial charge is 0.466 e. The molecule has 0 amide bonds. The van der Waals surface area contributed by atoms with Crippen molar-refractivity contribution in [1.29, 1.82) is 5.26 Å². The number of aliphatic imine (C=N–C) groups is 1. The number of aryl methyl sites for hydroxylation is 1. The van der Waals surface area contributed by atoms with Gasteiger partial charge in [0.05, 0.1) is 47.3 Å². The number of benzene rings is 3. The van der Waals surface area contributed by atoms with Crippen molar-refractivity contribution < 1.29 is 14.3 Å². The van der Waals surface area contributed by atoms with Gasteiger partial charge in [0.2, 0.25) is 0 Å². The lowest BCUT2D eigenvalue weighted by molar-refractivity contribution is -0.143. The van der Waals surface area contributed by atoms with E-state index in [2.05, 4.69) is 16.0 Å². The molecule has 0 saturated carbocycles. The van der Waals surface area contributed by atoms with Gasteiger partial charge in [0.15, 0.2) is 16.8 Å². The number of hydrogen-bond donors (Lipinski definition) is 0. The Morgan fingerprint density at radius 1 is 1.11 bits per heavy atom. The Morgan fingerprint density at radius 2 is 1.83 bits per heavy atom. The van der Waals surface area contributed by atoms with Gasteiger partial charge in [-0.3, -0.25) is 9.59 Å². The number of aromatic nitrogens is 2. The number of ketones is 1. The van der Waals surface area contributed by atoms with E-state index in [-0.39, 0.29) is 24.0 Å². The smallest absolute Gasteiger partial charge is 0.306 e. The number of hydrogen-bond acceptors (Lipinski definition) is 6. The van der Waals surface area contributed by atoms with E-state index in [0.29, 0.717) is 28.2 Å². The normalized spacial score (nSPS) is 12.2. The summed E-state index contributed by atoms with van der Waals surface area (Å²) in [7, 11) is 1.82. The second kappa shape index (κ2) is 11.0. The van der Waals surface area contributed by atoms with Crippen LogP contribution in [0.1, 0.15) is 46.6 Å². The third-order valence-electron chi connectivity index (χ3n) is 5.77. The van der Waals surface area contributed by atoms with Crippen LogP contribution in [0.2, 0.25) is 0 Å². The molecule has 1 heterocycles. The lowest BCUT2D eigenvalue weighted by Gasteiger charge is -2.16. The zero-order valence-electron chi connectivity index (χ0n) is 19.8. The van der Waals surface area contributed by atoms with Crippen LogP contribution in [-0.4, -0.2) is 33.1 Å². The predicted octanol–water partition coefficient (Wildman–Crippen LogP) is 5.68. The fourth-order valence-electron chi connectivity index (χ4n) is 3.95. The predicted molar refractivity (Wildman–Crippen MR) is 139 cm³/mol. The summed E-state index contributed by atoms with van der Waals surface area (Å²) in [5, 5.41) is 9.14. The minimum atomic E-state index is -0.674. The number of Topliss-reactive ketones (excluding diaryl/α,β-unsaturated/α-hetero) is 1. The standard InChI is InChI=1S/C28H23ClN4O3/c1-3-36-25(34)16-22(19-7-5-4-6-8-19)26(35)20-11-14-24-23(15-20)32-28(33(24)2)27(29)31-21-12-9-18(17-30)10-13-21/h4-15,22H,3,16H2,1-2H3. The van der Waals surface area contributed by atoms with E-state index in [1.807, 2.05) is 37.4 Å². The van der Waals surface area contributed by atoms with Crippen LogP contribution in [0.15, 0.2) is 77.8 Å². The van der Waals surface area contributed by atoms with Gasteiger partial charge >= 0.3 is 5.97 Å². The summed E-state index contributed by atoms with van der Waals surface area (Å²) in [6.07, 6.45) is -0.0503. The summed E-state index contributed by atoms with van der Waals surface area (Å²) in [4.78, 5) is 34.8. The number of carbonyl (C=O) groups is 2. The van der Waals surface area contributed by atoms with Crippen molar-refractivity contribution in [3.63, 3.8) is 0 Å². The summed E-state index contributed by atoms with van der Waals surface area (Å²) < 4.78 is 6.90. The van der Waals surface area contributed by atoms with Crippen molar-refractivity contribution >= 4 is 45.2 Å². The number of imidazole rings is 1. The molecule has 0 N–H and O–H groups in total. The summed E-state index contributed by atoms with van der Waals surface area (Å²) >= 11 is 6.49. The lowest BCUT2D eigenvalue weighted by Crippen LogP contribution is -2.18. The molecule has 1 atom stereocenters. The maximum Gasteiger partial charge on any atom is 0.306 e. The Labute approximate surface area is 213 Å². The molecule has 7 nitrogen and oxygen atoms in total. The average molecular weight is 499 g/mol. The minimum Gasteiger partial charge on any atom is -0.466 e. The number of nitrogens with zero attached hydrogens (tertiary/aromatic N) is 4. The molecular formula is C28H23ClN4O3. The third kappa shape index (κ3) is 5.35. The molecule has 0 aliphatic heterocycles. The zero-order chi connectivity index (χ0) is 25.7. The molecule has 0 aliphatic carbocycles. The highest BCUT2D eigenvalue weighted by molar-refractivity contribution is 6.69. The zero-order valence-corrected chi connectivity index (χ0v) is 20.6. The minimum absolute atomic E-state index is 0.0503. The Balaban J connectivity index is 1.67. The van der Waals surface area contributed by atoms with Gasteiger partial charge in [-0.1, -0.05) is 41.9 Å². The van der Waals surface area contributed by atoms with Crippen LogP contribution in [0.4, 0.5) is 5.69 Å². The van der Waals surface area contributed by atoms with Gasteiger partial charge in [0.25, 0.3) is 0 Å². The fraction of sp³-hybridized carbons (Fsp3) is 0.179. The molecule has 0 fully saturated rings. The molecule has 4 aromatic rings. The van der Waals surface area contributed by atoms with Gasteiger partial charge in [-0.25, -0.2) is 9.98 Å². The van der Waals surface area contributed by atoms with Crippen LogP contribution < -0.4 is 0 Å².